The summed E-state index contributed by atoms with van der Waals surface area (Å²) in [5.41, 5.74) is 3.80. The van der Waals surface area contributed by atoms with Crippen molar-refractivity contribution < 1.29 is 13.9 Å². The van der Waals surface area contributed by atoms with Crippen molar-refractivity contribution in [3.63, 3.8) is 0 Å². The molecule has 150 valence electrons. The van der Waals surface area contributed by atoms with E-state index in [0.29, 0.717) is 23.1 Å². The zero-order valence-electron chi connectivity index (χ0n) is 16.9. The number of aryl methyl sites for hydroxylation is 2. The first-order chi connectivity index (χ1) is 13.9. The number of fused-ring (bicyclic) bond motifs is 2. The number of ether oxygens (including phenoxy) is 1. The number of carbonyl (C=O) groups is 1. The zero-order chi connectivity index (χ0) is 20.7. The van der Waals surface area contributed by atoms with Crippen LogP contribution in [0.1, 0.15) is 22.8 Å². The number of hydrogen-bond donors (Lipinski definition) is 1. The molecule has 1 atom stereocenters. The standard InChI is InChI=1S/C22H23N3O4/c1-13(9-15-12-24(2)18-7-6-16(28-4)11-17(15)18)23-21(26)14-5-8-20-19(10-14)25(3)22(27)29-20/h5-8,10-13H,9H2,1-4H3,(H,23,26)/t13-/m1/s1. The Morgan fingerprint density at radius 1 is 1.17 bits per heavy atom. The third-order valence-electron chi connectivity index (χ3n) is 5.24. The van der Waals surface area contributed by atoms with E-state index in [0.717, 1.165) is 22.2 Å². The normalized spacial score (nSPS) is 12.4. The van der Waals surface area contributed by atoms with Crippen LogP contribution in [0.25, 0.3) is 22.0 Å². The quantitative estimate of drug-likeness (QED) is 0.565. The minimum absolute atomic E-state index is 0.0804. The molecule has 0 radical (unpaired) electrons. The van der Waals surface area contributed by atoms with Crippen molar-refractivity contribution in [3.05, 3.63) is 64.3 Å². The van der Waals surface area contributed by atoms with Gasteiger partial charge in [0, 0.05) is 42.8 Å². The van der Waals surface area contributed by atoms with Gasteiger partial charge in [-0.25, -0.2) is 4.79 Å². The van der Waals surface area contributed by atoms with Crippen molar-refractivity contribution in [1.82, 2.24) is 14.5 Å². The number of amides is 1. The summed E-state index contributed by atoms with van der Waals surface area (Å²) >= 11 is 0. The number of rotatable bonds is 5. The summed E-state index contributed by atoms with van der Waals surface area (Å²) in [7, 11) is 5.28. The first-order valence-corrected chi connectivity index (χ1v) is 9.39. The highest BCUT2D eigenvalue weighted by Crippen LogP contribution is 2.26. The van der Waals surface area contributed by atoms with Gasteiger partial charge in [0.25, 0.3) is 5.91 Å². The molecule has 0 spiro atoms. The van der Waals surface area contributed by atoms with Crippen LogP contribution in [-0.2, 0) is 20.5 Å². The van der Waals surface area contributed by atoms with Gasteiger partial charge in [0.15, 0.2) is 5.58 Å². The fourth-order valence-electron chi connectivity index (χ4n) is 3.70. The second kappa shape index (κ2) is 7.16. The minimum Gasteiger partial charge on any atom is -0.497 e. The molecule has 7 nitrogen and oxygen atoms in total. The van der Waals surface area contributed by atoms with Crippen LogP contribution in [0.15, 0.2) is 51.8 Å². The highest BCUT2D eigenvalue weighted by atomic mass is 16.5. The molecule has 29 heavy (non-hydrogen) atoms. The molecule has 0 saturated heterocycles. The van der Waals surface area contributed by atoms with Gasteiger partial charge in [-0.15, -0.1) is 0 Å². The van der Waals surface area contributed by atoms with Gasteiger partial charge in [0.1, 0.15) is 5.75 Å². The van der Waals surface area contributed by atoms with Gasteiger partial charge in [-0.1, -0.05) is 0 Å². The summed E-state index contributed by atoms with van der Waals surface area (Å²) in [5, 5.41) is 4.15. The van der Waals surface area contributed by atoms with Crippen LogP contribution in [0.4, 0.5) is 0 Å². The van der Waals surface area contributed by atoms with E-state index >= 15 is 0 Å². The maximum Gasteiger partial charge on any atom is 0.419 e. The first-order valence-electron chi connectivity index (χ1n) is 9.39. The van der Waals surface area contributed by atoms with E-state index in [2.05, 4.69) is 16.1 Å². The monoisotopic (exact) mass is 393 g/mol. The van der Waals surface area contributed by atoms with Crippen molar-refractivity contribution in [2.45, 2.75) is 19.4 Å². The number of nitrogens with zero attached hydrogens (tertiary/aromatic N) is 2. The molecule has 0 fully saturated rings. The van der Waals surface area contributed by atoms with Crippen LogP contribution in [0, 0.1) is 0 Å². The Kier molecular flexibility index (Phi) is 4.66. The second-order valence-corrected chi connectivity index (χ2v) is 7.34. The lowest BCUT2D eigenvalue weighted by Gasteiger charge is -2.14. The summed E-state index contributed by atoms with van der Waals surface area (Å²) < 4.78 is 13.9. The zero-order valence-corrected chi connectivity index (χ0v) is 16.9. The topological polar surface area (TPSA) is 78.4 Å². The summed E-state index contributed by atoms with van der Waals surface area (Å²) in [6.45, 7) is 1.98. The SMILES string of the molecule is COc1ccc2c(c1)c(C[C@@H](C)NC(=O)c1ccc3oc(=O)n(C)c3c1)cn2C. The lowest BCUT2D eigenvalue weighted by Crippen LogP contribution is -2.34. The predicted octanol–water partition coefficient (Wildman–Crippen LogP) is 2.99. The number of hydrogen-bond acceptors (Lipinski definition) is 4. The maximum absolute atomic E-state index is 12.7. The maximum atomic E-state index is 12.7. The van der Waals surface area contributed by atoms with Gasteiger partial charge in [-0.05, 0) is 55.3 Å². The largest absolute Gasteiger partial charge is 0.497 e. The Balaban J connectivity index is 1.54. The number of methoxy groups -OCH3 is 1. The van der Waals surface area contributed by atoms with Crippen LogP contribution in [0.2, 0.25) is 0 Å². The Morgan fingerprint density at radius 2 is 1.97 bits per heavy atom. The highest BCUT2D eigenvalue weighted by molar-refractivity contribution is 5.97. The number of aromatic nitrogens is 2. The van der Waals surface area contributed by atoms with Crippen LogP contribution >= 0.6 is 0 Å². The molecular weight excluding hydrogens is 370 g/mol. The van der Waals surface area contributed by atoms with Crippen LogP contribution in [0.3, 0.4) is 0 Å². The van der Waals surface area contributed by atoms with E-state index in [1.165, 1.54) is 4.57 Å². The lowest BCUT2D eigenvalue weighted by atomic mass is 10.1. The molecule has 0 bridgehead atoms. The molecule has 0 aliphatic carbocycles. The van der Waals surface area contributed by atoms with Crippen molar-refractivity contribution in [1.29, 1.82) is 0 Å². The third-order valence-corrected chi connectivity index (χ3v) is 5.24. The van der Waals surface area contributed by atoms with Gasteiger partial charge < -0.3 is 19.0 Å². The Labute approximate surface area is 167 Å². The number of benzene rings is 2. The molecule has 4 aromatic rings. The van der Waals surface area contributed by atoms with E-state index in [1.54, 1.807) is 32.4 Å². The molecule has 2 heterocycles. The highest BCUT2D eigenvalue weighted by Gasteiger charge is 2.16. The molecule has 1 N–H and O–H groups in total. The smallest absolute Gasteiger partial charge is 0.419 e. The molecule has 7 heteroatoms. The fraction of sp³-hybridized carbons (Fsp3) is 0.273. The van der Waals surface area contributed by atoms with Crippen molar-refractivity contribution >= 4 is 27.9 Å². The molecule has 0 unspecified atom stereocenters. The van der Waals surface area contributed by atoms with Crippen molar-refractivity contribution in [2.24, 2.45) is 14.1 Å². The Morgan fingerprint density at radius 3 is 2.72 bits per heavy atom. The van der Waals surface area contributed by atoms with Crippen molar-refractivity contribution in [3.8, 4) is 5.75 Å². The van der Waals surface area contributed by atoms with E-state index in [-0.39, 0.29) is 11.9 Å². The van der Waals surface area contributed by atoms with Crippen LogP contribution < -0.4 is 15.8 Å². The van der Waals surface area contributed by atoms with E-state index in [4.69, 9.17) is 9.15 Å². The fourth-order valence-corrected chi connectivity index (χ4v) is 3.70. The van der Waals surface area contributed by atoms with Gasteiger partial charge in [-0.3, -0.25) is 9.36 Å². The van der Waals surface area contributed by atoms with Gasteiger partial charge in [0.05, 0.1) is 12.6 Å². The summed E-state index contributed by atoms with van der Waals surface area (Å²) in [5.74, 6) is 0.170. The lowest BCUT2D eigenvalue weighted by molar-refractivity contribution is 0.0940. The number of nitrogens with one attached hydrogen (secondary N) is 1. The molecule has 0 saturated carbocycles. The van der Waals surface area contributed by atoms with Gasteiger partial charge in [0.2, 0.25) is 0 Å². The minimum atomic E-state index is -0.447. The van der Waals surface area contributed by atoms with E-state index < -0.39 is 5.76 Å². The summed E-state index contributed by atoms with van der Waals surface area (Å²) in [6, 6.07) is 10.9. The molecule has 4 rings (SSSR count). The second-order valence-electron chi connectivity index (χ2n) is 7.34. The third kappa shape index (κ3) is 3.40. The average Bonchev–Trinajstić information content (AvgIpc) is 3.17. The Bertz CT molecular complexity index is 1280. The molecule has 1 amide bonds. The molecule has 2 aromatic heterocycles. The number of carbonyl (C=O) groups excluding carboxylic acids is 1. The summed E-state index contributed by atoms with van der Waals surface area (Å²) in [4.78, 5) is 24.4. The first kappa shape index (κ1) is 18.9. The van der Waals surface area contributed by atoms with Gasteiger partial charge >= 0.3 is 5.76 Å². The van der Waals surface area contributed by atoms with E-state index in [9.17, 15) is 9.59 Å². The van der Waals surface area contributed by atoms with E-state index in [1.807, 2.05) is 32.2 Å². The molecule has 0 aliphatic heterocycles. The molecular formula is C22H23N3O4. The Hall–Kier alpha value is -3.48. The summed E-state index contributed by atoms with van der Waals surface area (Å²) in [6.07, 6.45) is 2.77. The molecule has 0 aliphatic rings. The van der Waals surface area contributed by atoms with Crippen LogP contribution in [-0.4, -0.2) is 28.2 Å². The predicted molar refractivity (Wildman–Crippen MR) is 112 cm³/mol. The van der Waals surface area contributed by atoms with Crippen molar-refractivity contribution in [2.75, 3.05) is 7.11 Å². The molecule has 2 aromatic carbocycles. The van der Waals surface area contributed by atoms with Gasteiger partial charge in [-0.2, -0.15) is 0 Å². The van der Waals surface area contributed by atoms with Crippen LogP contribution in [0.5, 0.6) is 5.75 Å². The number of oxazole rings is 1. The average molecular weight is 393 g/mol.